The highest BCUT2D eigenvalue weighted by molar-refractivity contribution is 5.97. The predicted octanol–water partition coefficient (Wildman–Crippen LogP) is 5.03. The first-order valence-corrected chi connectivity index (χ1v) is 12.1. The second-order valence-electron chi connectivity index (χ2n) is 8.96. The van der Waals surface area contributed by atoms with Crippen molar-refractivity contribution in [1.82, 2.24) is 19.9 Å². The molecule has 1 amide bonds. The van der Waals surface area contributed by atoms with Crippen LogP contribution in [0.5, 0.6) is 11.5 Å². The summed E-state index contributed by atoms with van der Waals surface area (Å²) in [6.45, 7) is 1.71. The molecule has 1 fully saturated rings. The zero-order chi connectivity index (χ0) is 24.0. The SMILES string of the molecule is COc1cccc(C(=O)N2CCC[C@@H](Cc3ccc4cc[nH]c4n3)CC2)c1OCc1ccccn1. The summed E-state index contributed by atoms with van der Waals surface area (Å²) in [6.07, 6.45) is 7.57. The molecule has 5 rings (SSSR count). The lowest BCUT2D eigenvalue weighted by Gasteiger charge is -2.23. The number of ether oxygens (including phenoxy) is 2. The topological polar surface area (TPSA) is 80.3 Å². The van der Waals surface area contributed by atoms with Crippen LogP contribution in [0.3, 0.4) is 0 Å². The van der Waals surface area contributed by atoms with E-state index in [1.807, 2.05) is 53.6 Å². The van der Waals surface area contributed by atoms with Gasteiger partial charge in [0.25, 0.3) is 5.91 Å². The zero-order valence-electron chi connectivity index (χ0n) is 19.9. The van der Waals surface area contributed by atoms with Crippen LogP contribution in [0, 0.1) is 5.92 Å². The molecule has 0 aliphatic carbocycles. The van der Waals surface area contributed by atoms with E-state index in [1.165, 1.54) is 0 Å². The van der Waals surface area contributed by atoms with E-state index < -0.39 is 0 Å². The molecule has 0 radical (unpaired) electrons. The minimum atomic E-state index is -0.0218. The number of fused-ring (bicyclic) bond motifs is 1. The zero-order valence-corrected chi connectivity index (χ0v) is 19.9. The second kappa shape index (κ2) is 10.6. The number of nitrogens with one attached hydrogen (secondary N) is 1. The number of H-pyrrole nitrogens is 1. The lowest BCUT2D eigenvalue weighted by atomic mass is 9.95. The Balaban J connectivity index is 1.27. The number of methoxy groups -OCH3 is 1. The van der Waals surface area contributed by atoms with Gasteiger partial charge < -0.3 is 19.4 Å². The fourth-order valence-electron chi connectivity index (χ4n) is 4.75. The first-order valence-electron chi connectivity index (χ1n) is 12.1. The molecule has 0 bridgehead atoms. The summed E-state index contributed by atoms with van der Waals surface area (Å²) in [6, 6.07) is 17.4. The van der Waals surface area contributed by atoms with E-state index in [1.54, 1.807) is 13.3 Å². The highest BCUT2D eigenvalue weighted by Crippen LogP contribution is 2.33. The van der Waals surface area contributed by atoms with Gasteiger partial charge in [-0.25, -0.2) is 4.98 Å². The van der Waals surface area contributed by atoms with Gasteiger partial charge >= 0.3 is 0 Å². The fourth-order valence-corrected chi connectivity index (χ4v) is 4.75. The second-order valence-corrected chi connectivity index (χ2v) is 8.96. The van der Waals surface area contributed by atoms with Crippen molar-refractivity contribution in [2.24, 2.45) is 5.92 Å². The Bertz CT molecular complexity index is 1290. The van der Waals surface area contributed by atoms with Crippen LogP contribution in [0.2, 0.25) is 0 Å². The van der Waals surface area contributed by atoms with Gasteiger partial charge in [-0.3, -0.25) is 9.78 Å². The first-order chi connectivity index (χ1) is 17.2. The monoisotopic (exact) mass is 470 g/mol. The Morgan fingerprint density at radius 2 is 2.00 bits per heavy atom. The third kappa shape index (κ3) is 5.29. The molecule has 1 N–H and O–H groups in total. The van der Waals surface area contributed by atoms with Crippen LogP contribution in [0.1, 0.15) is 41.0 Å². The molecule has 1 saturated heterocycles. The molecule has 180 valence electrons. The van der Waals surface area contributed by atoms with Crippen LogP contribution >= 0.6 is 0 Å². The average molecular weight is 471 g/mol. The molecule has 4 aromatic rings. The summed E-state index contributed by atoms with van der Waals surface area (Å²) in [7, 11) is 1.59. The average Bonchev–Trinajstić information content (AvgIpc) is 3.24. The minimum Gasteiger partial charge on any atom is -0.493 e. The van der Waals surface area contributed by atoms with Gasteiger partial charge in [0, 0.05) is 36.6 Å². The molecule has 1 aliphatic heterocycles. The van der Waals surface area contributed by atoms with Crippen molar-refractivity contribution in [3.8, 4) is 11.5 Å². The van der Waals surface area contributed by atoms with Gasteiger partial charge in [0.05, 0.1) is 18.4 Å². The van der Waals surface area contributed by atoms with Crippen LogP contribution in [-0.4, -0.2) is 46.0 Å². The number of benzene rings is 1. The summed E-state index contributed by atoms with van der Waals surface area (Å²) in [5.41, 5.74) is 3.35. The number of rotatable bonds is 7. The lowest BCUT2D eigenvalue weighted by molar-refractivity contribution is 0.0754. The number of hydrogen-bond donors (Lipinski definition) is 1. The number of aromatic nitrogens is 3. The molecule has 1 aromatic carbocycles. The van der Waals surface area contributed by atoms with Crippen molar-refractivity contribution in [3.63, 3.8) is 0 Å². The summed E-state index contributed by atoms with van der Waals surface area (Å²) in [5.74, 6) is 1.49. The van der Waals surface area contributed by atoms with E-state index in [0.29, 0.717) is 29.5 Å². The minimum absolute atomic E-state index is 0.0218. The Kier molecular flexibility index (Phi) is 6.93. The van der Waals surface area contributed by atoms with Crippen LogP contribution in [0.4, 0.5) is 0 Å². The van der Waals surface area contributed by atoms with E-state index in [9.17, 15) is 4.79 Å². The van der Waals surface area contributed by atoms with Crippen molar-refractivity contribution in [3.05, 3.63) is 83.9 Å². The van der Waals surface area contributed by atoms with Gasteiger partial charge in [0.2, 0.25) is 0 Å². The number of hydrogen-bond acceptors (Lipinski definition) is 5. The van der Waals surface area contributed by atoms with Crippen LogP contribution in [-0.2, 0) is 13.0 Å². The van der Waals surface area contributed by atoms with Crippen LogP contribution in [0.15, 0.2) is 67.0 Å². The van der Waals surface area contributed by atoms with E-state index in [0.717, 1.165) is 54.6 Å². The largest absolute Gasteiger partial charge is 0.493 e. The normalized spacial score (nSPS) is 16.1. The van der Waals surface area contributed by atoms with Gasteiger partial charge in [0.15, 0.2) is 11.5 Å². The maximum absolute atomic E-state index is 13.6. The van der Waals surface area contributed by atoms with Gasteiger partial charge in [-0.15, -0.1) is 0 Å². The smallest absolute Gasteiger partial charge is 0.257 e. The quantitative estimate of drug-likeness (QED) is 0.410. The molecule has 1 aliphatic rings. The number of para-hydroxylation sites is 1. The first kappa shape index (κ1) is 22.9. The van der Waals surface area contributed by atoms with Crippen molar-refractivity contribution < 1.29 is 14.3 Å². The molecular formula is C28H30N4O3. The number of nitrogens with zero attached hydrogens (tertiary/aromatic N) is 3. The third-order valence-electron chi connectivity index (χ3n) is 6.62. The molecule has 0 unspecified atom stereocenters. The van der Waals surface area contributed by atoms with Crippen molar-refractivity contribution in [1.29, 1.82) is 0 Å². The Morgan fingerprint density at radius 1 is 1.06 bits per heavy atom. The number of carbonyl (C=O) groups is 1. The highest BCUT2D eigenvalue weighted by atomic mass is 16.5. The Hall–Kier alpha value is -3.87. The molecular weight excluding hydrogens is 440 g/mol. The van der Waals surface area contributed by atoms with Crippen molar-refractivity contribution >= 4 is 16.9 Å². The summed E-state index contributed by atoms with van der Waals surface area (Å²) in [4.78, 5) is 27.8. The lowest BCUT2D eigenvalue weighted by Crippen LogP contribution is -2.32. The maximum Gasteiger partial charge on any atom is 0.257 e. The van der Waals surface area contributed by atoms with E-state index in [4.69, 9.17) is 14.5 Å². The number of amides is 1. The van der Waals surface area contributed by atoms with Crippen LogP contribution in [0.25, 0.3) is 11.0 Å². The number of aromatic amines is 1. The van der Waals surface area contributed by atoms with Gasteiger partial charge in [-0.2, -0.15) is 0 Å². The van der Waals surface area contributed by atoms with Crippen molar-refractivity contribution in [2.45, 2.75) is 32.3 Å². The van der Waals surface area contributed by atoms with E-state index in [2.05, 4.69) is 22.1 Å². The molecule has 3 aromatic heterocycles. The molecule has 7 nitrogen and oxygen atoms in total. The fraction of sp³-hybridized carbons (Fsp3) is 0.321. The summed E-state index contributed by atoms with van der Waals surface area (Å²) < 4.78 is 11.6. The molecule has 0 saturated carbocycles. The summed E-state index contributed by atoms with van der Waals surface area (Å²) in [5, 5.41) is 1.13. The summed E-state index contributed by atoms with van der Waals surface area (Å²) >= 11 is 0. The van der Waals surface area contributed by atoms with Crippen molar-refractivity contribution in [2.75, 3.05) is 20.2 Å². The number of pyridine rings is 2. The molecule has 4 heterocycles. The molecule has 7 heteroatoms. The number of carbonyl (C=O) groups excluding carboxylic acids is 1. The Labute approximate surface area is 205 Å². The molecule has 35 heavy (non-hydrogen) atoms. The third-order valence-corrected chi connectivity index (χ3v) is 6.62. The van der Waals surface area contributed by atoms with Gasteiger partial charge in [-0.05, 0) is 74.1 Å². The molecule has 1 atom stereocenters. The van der Waals surface area contributed by atoms with E-state index >= 15 is 0 Å². The predicted molar refractivity (Wildman–Crippen MR) is 135 cm³/mol. The van der Waals surface area contributed by atoms with E-state index in [-0.39, 0.29) is 12.5 Å². The van der Waals surface area contributed by atoms with Gasteiger partial charge in [-0.1, -0.05) is 12.1 Å². The molecule has 0 spiro atoms. The highest BCUT2D eigenvalue weighted by Gasteiger charge is 2.26. The van der Waals surface area contributed by atoms with Gasteiger partial charge in [0.1, 0.15) is 12.3 Å². The number of likely N-dealkylation sites (tertiary alicyclic amines) is 1. The maximum atomic E-state index is 13.6. The Morgan fingerprint density at radius 3 is 2.86 bits per heavy atom. The van der Waals surface area contributed by atoms with Crippen LogP contribution < -0.4 is 9.47 Å². The standard InChI is InChI=1S/C28H30N4O3/c1-34-25-9-4-8-24(26(25)35-19-23-7-2-3-14-29-23)28(33)32-16-5-6-20(13-17-32)18-22-11-10-21-12-15-30-27(21)31-22/h2-4,7-12,14-15,20H,5-6,13,16-19H2,1H3,(H,30,31)/t20-/m1/s1.